The number of aryl methyl sites for hydroxylation is 1. The molecule has 0 aliphatic carbocycles. The molecule has 4 heteroatoms. The number of nitrogens with two attached hydrogens (primary N) is 1. The number of benzene rings is 1. The molecule has 0 aliphatic heterocycles. The summed E-state index contributed by atoms with van der Waals surface area (Å²) in [5.74, 6) is 1.58. The minimum atomic E-state index is 0.687. The summed E-state index contributed by atoms with van der Waals surface area (Å²) in [5, 5.41) is 0. The third-order valence-electron chi connectivity index (χ3n) is 3.65. The summed E-state index contributed by atoms with van der Waals surface area (Å²) in [6, 6.07) is 12.1. The Kier molecular flexibility index (Phi) is 3.44. The van der Waals surface area contributed by atoms with Crippen LogP contribution in [0, 0.1) is 6.92 Å². The second-order valence-corrected chi connectivity index (χ2v) is 4.97. The fraction of sp³-hybridized carbons (Fsp3) is 0.176. The van der Waals surface area contributed by atoms with Crippen LogP contribution >= 0.6 is 0 Å². The fourth-order valence-electron chi connectivity index (χ4n) is 2.50. The molecule has 0 atom stereocenters. The van der Waals surface area contributed by atoms with Gasteiger partial charge in [0.2, 0.25) is 0 Å². The highest BCUT2D eigenvalue weighted by atomic mass is 15.1. The van der Waals surface area contributed by atoms with Crippen LogP contribution < -0.4 is 5.73 Å². The highest BCUT2D eigenvalue weighted by molar-refractivity contribution is 5.76. The largest absolute Gasteiger partial charge is 0.383 e. The minimum Gasteiger partial charge on any atom is -0.383 e. The zero-order chi connectivity index (χ0) is 14.8. The predicted molar refractivity (Wildman–Crippen MR) is 85.7 cm³/mol. The highest BCUT2D eigenvalue weighted by Crippen LogP contribution is 2.32. The maximum atomic E-state index is 6.33. The first-order valence-corrected chi connectivity index (χ1v) is 7.04. The summed E-state index contributed by atoms with van der Waals surface area (Å²) in [4.78, 5) is 8.98. The van der Waals surface area contributed by atoms with Crippen LogP contribution in [-0.2, 0) is 6.54 Å². The van der Waals surface area contributed by atoms with Crippen molar-refractivity contribution in [1.29, 1.82) is 0 Å². The van der Waals surface area contributed by atoms with Crippen molar-refractivity contribution in [3.8, 4) is 22.6 Å². The van der Waals surface area contributed by atoms with Gasteiger partial charge in [0.05, 0.1) is 0 Å². The molecule has 0 bridgehead atoms. The average Bonchev–Trinajstić information content (AvgIpc) is 2.85. The number of hydrogen-bond donors (Lipinski definition) is 1. The number of aromatic nitrogens is 3. The van der Waals surface area contributed by atoms with Gasteiger partial charge in [-0.1, -0.05) is 30.3 Å². The number of imidazole rings is 1. The van der Waals surface area contributed by atoms with Gasteiger partial charge >= 0.3 is 0 Å². The fourth-order valence-corrected chi connectivity index (χ4v) is 2.50. The zero-order valence-electron chi connectivity index (χ0n) is 12.2. The third kappa shape index (κ3) is 2.29. The van der Waals surface area contributed by atoms with E-state index in [2.05, 4.69) is 11.9 Å². The van der Waals surface area contributed by atoms with Crippen LogP contribution in [0.4, 0.5) is 5.82 Å². The molecule has 0 saturated carbocycles. The van der Waals surface area contributed by atoms with Gasteiger partial charge in [0.15, 0.2) is 0 Å². The van der Waals surface area contributed by atoms with E-state index in [1.807, 2.05) is 54.1 Å². The molecule has 1 aromatic carbocycles. The molecule has 3 aromatic rings. The first-order valence-electron chi connectivity index (χ1n) is 7.04. The Morgan fingerprint density at radius 3 is 2.57 bits per heavy atom. The van der Waals surface area contributed by atoms with Crippen LogP contribution in [0.5, 0.6) is 0 Å². The van der Waals surface area contributed by atoms with Gasteiger partial charge in [0.1, 0.15) is 17.3 Å². The van der Waals surface area contributed by atoms with Crippen LogP contribution in [0.1, 0.15) is 12.5 Å². The first kappa shape index (κ1) is 13.4. The molecular weight excluding hydrogens is 260 g/mol. The van der Waals surface area contributed by atoms with Gasteiger partial charge in [-0.25, -0.2) is 4.98 Å². The van der Waals surface area contributed by atoms with Gasteiger partial charge in [0.25, 0.3) is 0 Å². The van der Waals surface area contributed by atoms with Crippen molar-refractivity contribution in [2.24, 2.45) is 0 Å². The topological polar surface area (TPSA) is 56.7 Å². The Labute approximate surface area is 124 Å². The SMILES string of the molecule is CCn1c(-c2ccccc2)nc(-c2cnccc2C)c1N. The molecule has 0 radical (unpaired) electrons. The molecule has 2 aromatic heterocycles. The monoisotopic (exact) mass is 278 g/mol. The van der Waals surface area contributed by atoms with Crippen molar-refractivity contribution in [2.75, 3.05) is 5.73 Å². The summed E-state index contributed by atoms with van der Waals surface area (Å²) in [6.07, 6.45) is 3.60. The van der Waals surface area contributed by atoms with Crippen LogP contribution in [-0.4, -0.2) is 14.5 Å². The molecule has 4 nitrogen and oxygen atoms in total. The lowest BCUT2D eigenvalue weighted by atomic mass is 10.1. The summed E-state index contributed by atoms with van der Waals surface area (Å²) in [6.45, 7) is 4.90. The lowest BCUT2D eigenvalue weighted by Crippen LogP contribution is -2.03. The molecule has 21 heavy (non-hydrogen) atoms. The van der Waals surface area contributed by atoms with Gasteiger partial charge in [-0.2, -0.15) is 0 Å². The van der Waals surface area contributed by atoms with Crippen LogP contribution in [0.25, 0.3) is 22.6 Å². The van der Waals surface area contributed by atoms with E-state index in [0.717, 1.165) is 34.8 Å². The van der Waals surface area contributed by atoms with Crippen LogP contribution in [0.3, 0.4) is 0 Å². The number of nitrogen functional groups attached to an aromatic ring is 1. The maximum Gasteiger partial charge on any atom is 0.142 e. The summed E-state index contributed by atoms with van der Waals surface area (Å²) >= 11 is 0. The van der Waals surface area contributed by atoms with E-state index < -0.39 is 0 Å². The second-order valence-electron chi connectivity index (χ2n) is 4.97. The summed E-state index contributed by atoms with van der Waals surface area (Å²) in [7, 11) is 0. The molecule has 3 rings (SSSR count). The van der Waals surface area contributed by atoms with Gasteiger partial charge in [-0.15, -0.1) is 0 Å². The van der Waals surface area contributed by atoms with Gasteiger partial charge < -0.3 is 10.3 Å². The molecule has 0 saturated heterocycles. The van der Waals surface area contributed by atoms with E-state index in [9.17, 15) is 0 Å². The zero-order valence-corrected chi connectivity index (χ0v) is 12.2. The van der Waals surface area contributed by atoms with E-state index in [4.69, 9.17) is 10.7 Å². The van der Waals surface area contributed by atoms with E-state index in [1.54, 1.807) is 6.20 Å². The van der Waals surface area contributed by atoms with Crippen LogP contribution in [0.15, 0.2) is 48.8 Å². The van der Waals surface area contributed by atoms with E-state index >= 15 is 0 Å². The molecule has 2 heterocycles. The standard InChI is InChI=1S/C17H18N4/c1-3-21-16(18)15(14-11-19-10-9-12(14)2)20-17(21)13-7-5-4-6-8-13/h4-11H,3,18H2,1-2H3. The second kappa shape index (κ2) is 5.40. The van der Waals surface area contributed by atoms with Crippen molar-refractivity contribution in [1.82, 2.24) is 14.5 Å². The summed E-state index contributed by atoms with van der Waals surface area (Å²) < 4.78 is 2.04. The van der Waals surface area contributed by atoms with Crippen molar-refractivity contribution in [3.63, 3.8) is 0 Å². The molecule has 0 amide bonds. The third-order valence-corrected chi connectivity index (χ3v) is 3.65. The van der Waals surface area contributed by atoms with E-state index in [-0.39, 0.29) is 0 Å². The molecule has 2 N–H and O–H groups in total. The van der Waals surface area contributed by atoms with Crippen molar-refractivity contribution in [2.45, 2.75) is 20.4 Å². The molecule has 0 unspecified atom stereocenters. The quantitative estimate of drug-likeness (QED) is 0.797. The van der Waals surface area contributed by atoms with Crippen molar-refractivity contribution < 1.29 is 0 Å². The minimum absolute atomic E-state index is 0.687. The molecule has 0 spiro atoms. The Morgan fingerprint density at radius 1 is 1.14 bits per heavy atom. The number of hydrogen-bond acceptors (Lipinski definition) is 3. The van der Waals surface area contributed by atoms with Gasteiger partial charge in [0, 0.05) is 30.1 Å². The Balaban J connectivity index is 2.21. The Bertz CT molecular complexity index is 760. The lowest BCUT2D eigenvalue weighted by molar-refractivity contribution is 0.781. The predicted octanol–water partition coefficient (Wildman–Crippen LogP) is 3.52. The number of nitrogens with zero attached hydrogens (tertiary/aromatic N) is 3. The van der Waals surface area contributed by atoms with Crippen molar-refractivity contribution in [3.05, 3.63) is 54.4 Å². The smallest absolute Gasteiger partial charge is 0.142 e. The van der Waals surface area contributed by atoms with Crippen LogP contribution in [0.2, 0.25) is 0 Å². The van der Waals surface area contributed by atoms with Gasteiger partial charge in [-0.3, -0.25) is 4.98 Å². The molecule has 106 valence electrons. The van der Waals surface area contributed by atoms with E-state index in [0.29, 0.717) is 5.82 Å². The Morgan fingerprint density at radius 2 is 1.90 bits per heavy atom. The number of rotatable bonds is 3. The Hall–Kier alpha value is -2.62. The molecular formula is C17H18N4. The average molecular weight is 278 g/mol. The maximum absolute atomic E-state index is 6.33. The molecule has 0 aliphatic rings. The lowest BCUT2D eigenvalue weighted by Gasteiger charge is -2.06. The molecule has 0 fully saturated rings. The number of anilines is 1. The number of pyridine rings is 1. The van der Waals surface area contributed by atoms with E-state index in [1.165, 1.54) is 0 Å². The van der Waals surface area contributed by atoms with Gasteiger partial charge in [-0.05, 0) is 25.5 Å². The van der Waals surface area contributed by atoms with Crippen molar-refractivity contribution >= 4 is 5.82 Å². The summed E-state index contributed by atoms with van der Waals surface area (Å²) in [5.41, 5.74) is 10.3. The normalized spacial score (nSPS) is 10.8. The highest BCUT2D eigenvalue weighted by Gasteiger charge is 2.17. The first-order chi connectivity index (χ1) is 10.2.